The van der Waals surface area contributed by atoms with Gasteiger partial charge < -0.3 is 5.32 Å². The Morgan fingerprint density at radius 1 is 1.05 bits per heavy atom. The van der Waals surface area contributed by atoms with Crippen molar-refractivity contribution >= 4 is 12.4 Å². The van der Waals surface area contributed by atoms with Gasteiger partial charge >= 0.3 is 0 Å². The lowest BCUT2D eigenvalue weighted by molar-refractivity contribution is 0.454. The lowest BCUT2D eigenvalue weighted by Gasteiger charge is -2.15. The van der Waals surface area contributed by atoms with Gasteiger partial charge in [-0.05, 0) is 12.8 Å². The number of aromatic nitrogens is 3. The molecule has 1 saturated carbocycles. The molecule has 1 aromatic carbocycles. The van der Waals surface area contributed by atoms with Crippen molar-refractivity contribution in [3.8, 4) is 11.3 Å². The van der Waals surface area contributed by atoms with Gasteiger partial charge in [-0.3, -0.25) is 0 Å². The predicted molar refractivity (Wildman–Crippen MR) is 92.0 cm³/mol. The number of halogens is 1. The monoisotopic (exact) mass is 320 g/mol. The van der Waals surface area contributed by atoms with Crippen molar-refractivity contribution in [3.63, 3.8) is 0 Å². The number of rotatable bonds is 4. The molecule has 0 saturated heterocycles. The van der Waals surface area contributed by atoms with Gasteiger partial charge in [-0.15, -0.1) is 12.4 Å². The molecular formula is C17H25ClN4. The summed E-state index contributed by atoms with van der Waals surface area (Å²) in [5.41, 5.74) is 3.19. The third-order valence-electron chi connectivity index (χ3n) is 4.24. The average Bonchev–Trinajstić information content (AvgIpc) is 2.72. The van der Waals surface area contributed by atoms with Crippen LogP contribution in [0, 0.1) is 0 Å². The van der Waals surface area contributed by atoms with Crippen LogP contribution < -0.4 is 5.32 Å². The second kappa shape index (κ2) is 8.30. The Balaban J connectivity index is 0.00000176. The molecule has 2 aromatic rings. The van der Waals surface area contributed by atoms with E-state index in [1.807, 2.05) is 25.2 Å². The Labute approximate surface area is 138 Å². The fourth-order valence-corrected chi connectivity index (χ4v) is 3.11. The standard InChI is InChI=1S/C17H24N4.ClH/c1-21-19-16(13-18-15-11-7-2-3-8-12-15)17(20-21)14-9-5-4-6-10-14;/h4-6,9-10,15,18H,2-3,7-8,11-13H2,1H3;1H. The molecule has 3 rings (SSSR count). The number of nitrogens with zero attached hydrogens (tertiary/aromatic N) is 3. The lowest BCUT2D eigenvalue weighted by Crippen LogP contribution is -2.28. The molecule has 120 valence electrons. The van der Waals surface area contributed by atoms with Gasteiger partial charge in [0.15, 0.2) is 0 Å². The fourth-order valence-electron chi connectivity index (χ4n) is 3.11. The topological polar surface area (TPSA) is 42.7 Å². The van der Waals surface area contributed by atoms with Crippen LogP contribution in [0.25, 0.3) is 11.3 Å². The molecular weight excluding hydrogens is 296 g/mol. The van der Waals surface area contributed by atoms with Gasteiger partial charge in [0.2, 0.25) is 0 Å². The van der Waals surface area contributed by atoms with Crippen molar-refractivity contribution in [1.82, 2.24) is 20.3 Å². The molecule has 0 bridgehead atoms. The molecule has 0 aliphatic heterocycles. The summed E-state index contributed by atoms with van der Waals surface area (Å²) in [6, 6.07) is 11.0. The van der Waals surface area contributed by atoms with Crippen molar-refractivity contribution in [2.75, 3.05) is 0 Å². The van der Waals surface area contributed by atoms with E-state index in [-0.39, 0.29) is 12.4 Å². The van der Waals surface area contributed by atoms with E-state index in [9.17, 15) is 0 Å². The molecule has 1 fully saturated rings. The van der Waals surface area contributed by atoms with Gasteiger partial charge in [-0.25, -0.2) is 0 Å². The highest BCUT2D eigenvalue weighted by Gasteiger charge is 2.15. The van der Waals surface area contributed by atoms with Crippen molar-refractivity contribution < 1.29 is 0 Å². The van der Waals surface area contributed by atoms with Crippen LogP contribution in [-0.4, -0.2) is 21.0 Å². The lowest BCUT2D eigenvalue weighted by atomic mass is 10.1. The molecule has 0 atom stereocenters. The molecule has 0 radical (unpaired) electrons. The zero-order chi connectivity index (χ0) is 14.5. The van der Waals surface area contributed by atoms with E-state index in [4.69, 9.17) is 0 Å². The van der Waals surface area contributed by atoms with Gasteiger partial charge in [0, 0.05) is 25.2 Å². The molecule has 4 nitrogen and oxygen atoms in total. The molecule has 5 heteroatoms. The van der Waals surface area contributed by atoms with E-state index >= 15 is 0 Å². The molecule has 1 heterocycles. The summed E-state index contributed by atoms with van der Waals surface area (Å²) >= 11 is 0. The summed E-state index contributed by atoms with van der Waals surface area (Å²) in [6.07, 6.45) is 8.06. The maximum Gasteiger partial charge on any atom is 0.117 e. The Morgan fingerprint density at radius 2 is 1.73 bits per heavy atom. The first-order chi connectivity index (χ1) is 10.3. The maximum absolute atomic E-state index is 4.54. The van der Waals surface area contributed by atoms with Crippen molar-refractivity contribution in [3.05, 3.63) is 36.0 Å². The summed E-state index contributed by atoms with van der Waals surface area (Å²) in [5, 5.41) is 12.8. The highest BCUT2D eigenvalue weighted by molar-refractivity contribution is 5.85. The summed E-state index contributed by atoms with van der Waals surface area (Å²) in [5.74, 6) is 0. The SMILES string of the molecule is Cl.Cn1nc(CNC2CCCCCC2)c(-c2ccccc2)n1. The highest BCUT2D eigenvalue weighted by atomic mass is 35.5. The number of aryl methyl sites for hydroxylation is 1. The molecule has 0 spiro atoms. The quantitative estimate of drug-likeness (QED) is 0.873. The number of benzene rings is 1. The minimum Gasteiger partial charge on any atom is -0.308 e. The summed E-state index contributed by atoms with van der Waals surface area (Å²) in [4.78, 5) is 1.67. The van der Waals surface area contributed by atoms with Gasteiger partial charge in [0.1, 0.15) is 11.4 Å². The first kappa shape index (κ1) is 17.0. The Morgan fingerprint density at radius 3 is 2.41 bits per heavy atom. The van der Waals surface area contributed by atoms with Crippen LogP contribution in [0.4, 0.5) is 0 Å². The fraction of sp³-hybridized carbons (Fsp3) is 0.529. The minimum atomic E-state index is 0. The molecule has 1 aliphatic rings. The van der Waals surface area contributed by atoms with E-state index in [0.717, 1.165) is 23.5 Å². The normalized spacial score (nSPS) is 16.0. The van der Waals surface area contributed by atoms with Crippen LogP contribution in [0.1, 0.15) is 44.2 Å². The van der Waals surface area contributed by atoms with E-state index < -0.39 is 0 Å². The first-order valence-electron chi connectivity index (χ1n) is 8.02. The number of hydrogen-bond acceptors (Lipinski definition) is 3. The van der Waals surface area contributed by atoms with E-state index in [1.54, 1.807) is 4.80 Å². The number of nitrogens with one attached hydrogen (secondary N) is 1. The predicted octanol–water partition coefficient (Wildman–Crippen LogP) is 3.72. The molecule has 0 amide bonds. The van der Waals surface area contributed by atoms with Crippen molar-refractivity contribution in [2.24, 2.45) is 7.05 Å². The first-order valence-corrected chi connectivity index (χ1v) is 8.02. The van der Waals surface area contributed by atoms with Gasteiger partial charge in [-0.1, -0.05) is 56.0 Å². The second-order valence-corrected chi connectivity index (χ2v) is 5.92. The largest absolute Gasteiger partial charge is 0.308 e. The maximum atomic E-state index is 4.54. The van der Waals surface area contributed by atoms with Gasteiger partial charge in [-0.2, -0.15) is 15.0 Å². The minimum absolute atomic E-state index is 0. The van der Waals surface area contributed by atoms with Gasteiger partial charge in [0.25, 0.3) is 0 Å². The van der Waals surface area contributed by atoms with E-state index in [2.05, 4.69) is 27.6 Å². The average molecular weight is 321 g/mol. The Bertz CT molecular complexity index is 559. The zero-order valence-corrected chi connectivity index (χ0v) is 14.0. The smallest absolute Gasteiger partial charge is 0.117 e. The van der Waals surface area contributed by atoms with Crippen LogP contribution in [0.2, 0.25) is 0 Å². The Hall–Kier alpha value is -1.39. The third kappa shape index (κ3) is 4.31. The zero-order valence-electron chi connectivity index (χ0n) is 13.2. The van der Waals surface area contributed by atoms with Gasteiger partial charge in [0.05, 0.1) is 0 Å². The Kier molecular flexibility index (Phi) is 6.40. The molecule has 1 aromatic heterocycles. The van der Waals surface area contributed by atoms with Crippen molar-refractivity contribution in [2.45, 2.75) is 51.1 Å². The van der Waals surface area contributed by atoms with Crippen LogP contribution in [0.3, 0.4) is 0 Å². The summed E-state index contributed by atoms with van der Waals surface area (Å²) < 4.78 is 0. The number of hydrogen-bond donors (Lipinski definition) is 1. The van der Waals surface area contributed by atoms with Crippen LogP contribution in [0.15, 0.2) is 30.3 Å². The summed E-state index contributed by atoms with van der Waals surface area (Å²) in [7, 11) is 1.89. The van der Waals surface area contributed by atoms with Crippen LogP contribution >= 0.6 is 12.4 Å². The van der Waals surface area contributed by atoms with Crippen LogP contribution in [0.5, 0.6) is 0 Å². The second-order valence-electron chi connectivity index (χ2n) is 5.92. The van der Waals surface area contributed by atoms with E-state index in [1.165, 1.54) is 38.5 Å². The van der Waals surface area contributed by atoms with Crippen LogP contribution in [-0.2, 0) is 13.6 Å². The molecule has 1 aliphatic carbocycles. The molecule has 0 unspecified atom stereocenters. The molecule has 1 N–H and O–H groups in total. The highest BCUT2D eigenvalue weighted by Crippen LogP contribution is 2.21. The summed E-state index contributed by atoms with van der Waals surface area (Å²) in [6.45, 7) is 0.808. The third-order valence-corrected chi connectivity index (χ3v) is 4.24. The van der Waals surface area contributed by atoms with E-state index in [0.29, 0.717) is 6.04 Å². The van der Waals surface area contributed by atoms with Crippen molar-refractivity contribution in [1.29, 1.82) is 0 Å². The molecule has 22 heavy (non-hydrogen) atoms.